The van der Waals surface area contributed by atoms with Crippen molar-refractivity contribution in [3.63, 3.8) is 0 Å². The van der Waals surface area contributed by atoms with E-state index >= 15 is 0 Å². The summed E-state index contributed by atoms with van der Waals surface area (Å²) >= 11 is 3.77. The quantitative estimate of drug-likeness (QED) is 0.213. The molecule has 10 nitrogen and oxygen atoms in total. The number of carbonyl (C=O) groups is 3. The predicted molar refractivity (Wildman–Crippen MR) is 164 cm³/mol. The monoisotopic (exact) mass is 652 g/mol. The molecule has 8 atom stereocenters. The molecule has 0 aromatic heterocycles. The molecule has 4 fully saturated rings. The van der Waals surface area contributed by atoms with E-state index < -0.39 is 35.6 Å². The Morgan fingerprint density at radius 3 is 2.36 bits per heavy atom. The molecule has 4 aliphatic rings. The number of nitrogens with zero attached hydrogens (tertiary/aromatic N) is 4. The third-order valence-corrected chi connectivity index (χ3v) is 10.5. The van der Waals surface area contributed by atoms with Gasteiger partial charge < -0.3 is 29.3 Å². The van der Waals surface area contributed by atoms with E-state index in [9.17, 15) is 19.5 Å². The molecule has 4 rings (SSSR count). The molecule has 1 spiro atoms. The van der Waals surface area contributed by atoms with Crippen molar-refractivity contribution >= 4 is 33.7 Å². The van der Waals surface area contributed by atoms with Crippen LogP contribution >= 0.6 is 15.9 Å². The molecule has 236 valence electrons. The highest BCUT2D eigenvalue weighted by Crippen LogP contribution is 2.61. The SMILES string of the molecule is C=CCN(CCN1CCOCC1)C(=O)C1N([C@@H](CO)[C@@H](C)CC)C(=O)[C@@H]2[C@@H](C(=O)N(CC=C)CCC)[C@@H]3OC12CC3Br. The molecule has 0 aliphatic carbocycles. The number of hydrogen-bond acceptors (Lipinski definition) is 7. The number of likely N-dealkylation sites (tertiary alicyclic amines) is 1. The summed E-state index contributed by atoms with van der Waals surface area (Å²) in [4.78, 5) is 50.6. The summed E-state index contributed by atoms with van der Waals surface area (Å²) in [5, 5.41) is 10.6. The van der Waals surface area contributed by atoms with Crippen LogP contribution in [-0.2, 0) is 23.9 Å². The molecule has 0 saturated carbocycles. The number of rotatable bonds is 15. The van der Waals surface area contributed by atoms with Gasteiger partial charge in [-0.2, -0.15) is 0 Å². The first-order valence-electron chi connectivity index (χ1n) is 15.5. The van der Waals surface area contributed by atoms with Crippen molar-refractivity contribution in [2.45, 2.75) is 68.6 Å². The Labute approximate surface area is 259 Å². The average Bonchev–Trinajstić information content (AvgIpc) is 3.58. The molecule has 3 amide bonds. The van der Waals surface area contributed by atoms with Gasteiger partial charge in [-0.25, -0.2) is 0 Å². The summed E-state index contributed by atoms with van der Waals surface area (Å²) in [7, 11) is 0. The van der Waals surface area contributed by atoms with Gasteiger partial charge in [-0.1, -0.05) is 55.3 Å². The number of aliphatic hydroxyl groups excluding tert-OH is 1. The molecule has 0 aromatic carbocycles. The smallest absolute Gasteiger partial charge is 0.248 e. The van der Waals surface area contributed by atoms with Crippen LogP contribution in [0.15, 0.2) is 25.3 Å². The third-order valence-electron chi connectivity index (χ3n) is 9.70. The van der Waals surface area contributed by atoms with Crippen LogP contribution in [0.4, 0.5) is 0 Å². The van der Waals surface area contributed by atoms with Crippen LogP contribution in [0.5, 0.6) is 0 Å². The van der Waals surface area contributed by atoms with Gasteiger partial charge in [-0.3, -0.25) is 19.3 Å². The lowest BCUT2D eigenvalue weighted by Gasteiger charge is -2.41. The third kappa shape index (κ3) is 5.96. The molecule has 0 radical (unpaired) electrons. The van der Waals surface area contributed by atoms with Gasteiger partial charge in [0.25, 0.3) is 0 Å². The van der Waals surface area contributed by atoms with Crippen LogP contribution in [0.3, 0.4) is 0 Å². The summed E-state index contributed by atoms with van der Waals surface area (Å²) in [6.45, 7) is 18.8. The Balaban J connectivity index is 1.74. The summed E-state index contributed by atoms with van der Waals surface area (Å²) in [5.74, 6) is -2.21. The number of amides is 3. The Morgan fingerprint density at radius 2 is 1.79 bits per heavy atom. The molecule has 42 heavy (non-hydrogen) atoms. The van der Waals surface area contributed by atoms with Crippen molar-refractivity contribution in [2.24, 2.45) is 17.8 Å². The Kier molecular flexibility index (Phi) is 11.3. The van der Waals surface area contributed by atoms with Crippen LogP contribution in [0.25, 0.3) is 0 Å². The van der Waals surface area contributed by atoms with Crippen LogP contribution in [-0.4, -0.2) is 137 Å². The van der Waals surface area contributed by atoms with Gasteiger partial charge in [-0.15, -0.1) is 13.2 Å². The van der Waals surface area contributed by atoms with Gasteiger partial charge in [0.2, 0.25) is 17.7 Å². The summed E-state index contributed by atoms with van der Waals surface area (Å²) in [5.41, 5.74) is -1.17. The van der Waals surface area contributed by atoms with Gasteiger partial charge in [0.1, 0.15) is 11.6 Å². The fourth-order valence-corrected chi connectivity index (χ4v) is 8.38. The molecule has 4 heterocycles. The maximum absolute atomic E-state index is 14.7. The minimum atomic E-state index is -1.17. The maximum atomic E-state index is 14.7. The van der Waals surface area contributed by atoms with Crippen molar-refractivity contribution in [3.8, 4) is 0 Å². The maximum Gasteiger partial charge on any atom is 0.248 e. The molecular formula is C31H49BrN4O6. The Bertz CT molecular complexity index is 1010. The molecule has 4 saturated heterocycles. The fourth-order valence-electron chi connectivity index (χ4n) is 7.44. The van der Waals surface area contributed by atoms with Crippen LogP contribution in [0.1, 0.15) is 40.0 Å². The van der Waals surface area contributed by atoms with Crippen molar-refractivity contribution in [1.82, 2.24) is 19.6 Å². The summed E-state index contributed by atoms with van der Waals surface area (Å²) in [6, 6.07) is -1.53. The number of halogens is 1. The van der Waals surface area contributed by atoms with Crippen molar-refractivity contribution in [1.29, 1.82) is 0 Å². The van der Waals surface area contributed by atoms with E-state index in [4.69, 9.17) is 9.47 Å². The number of aliphatic hydroxyl groups is 1. The van der Waals surface area contributed by atoms with E-state index in [1.54, 1.807) is 26.9 Å². The molecule has 11 heteroatoms. The standard InChI is InChI=1S/C31H49BrN4O6/c1-6-10-34(11-7-2)28(38)24-25-29(39)36(23(20-37)21(5)9-4)27(31(25)19-22(32)26(24)42-31)30(40)35(12-8-3)14-13-33-15-17-41-18-16-33/h6,8,21-27,37H,1,3,7,9-20H2,2,4-5H3/t21-,22?,23-,24+,25-,26+,27?,31?/m0/s1. The lowest BCUT2D eigenvalue weighted by atomic mass is 9.70. The van der Waals surface area contributed by atoms with E-state index in [0.717, 1.165) is 25.9 Å². The fraction of sp³-hybridized carbons (Fsp3) is 0.774. The highest BCUT2D eigenvalue weighted by Gasteiger charge is 2.77. The second-order valence-corrected chi connectivity index (χ2v) is 13.3. The summed E-state index contributed by atoms with van der Waals surface area (Å²) in [6.07, 6.45) is 4.81. The molecule has 2 bridgehead atoms. The lowest BCUT2D eigenvalue weighted by molar-refractivity contribution is -0.153. The number of fused-ring (bicyclic) bond motifs is 1. The van der Waals surface area contributed by atoms with Crippen molar-refractivity contribution < 1.29 is 29.0 Å². The first kappa shape index (κ1) is 33.1. The minimum Gasteiger partial charge on any atom is -0.394 e. The van der Waals surface area contributed by atoms with Crippen LogP contribution in [0, 0.1) is 17.8 Å². The number of carbonyl (C=O) groups excluding carboxylic acids is 3. The number of hydrogen-bond donors (Lipinski definition) is 1. The lowest BCUT2D eigenvalue weighted by Crippen LogP contribution is -2.60. The van der Waals surface area contributed by atoms with Gasteiger partial charge in [0, 0.05) is 50.6 Å². The number of morpholine rings is 1. The highest BCUT2D eigenvalue weighted by atomic mass is 79.9. The topological polar surface area (TPSA) is 103 Å². The van der Waals surface area contributed by atoms with E-state index in [1.165, 1.54) is 0 Å². The molecule has 3 unspecified atom stereocenters. The van der Waals surface area contributed by atoms with E-state index in [1.807, 2.05) is 20.8 Å². The molecule has 1 N–H and O–H groups in total. The minimum absolute atomic E-state index is 0.0610. The first-order chi connectivity index (χ1) is 20.2. The second kappa shape index (κ2) is 14.3. The van der Waals surface area contributed by atoms with Gasteiger partial charge in [0.05, 0.1) is 43.8 Å². The zero-order chi connectivity index (χ0) is 30.6. The Morgan fingerprint density at radius 1 is 1.14 bits per heavy atom. The normalized spacial score (nSPS) is 32.0. The largest absolute Gasteiger partial charge is 0.394 e. The molecular weight excluding hydrogens is 604 g/mol. The molecule has 4 aliphatic heterocycles. The first-order valence-corrected chi connectivity index (χ1v) is 16.5. The van der Waals surface area contributed by atoms with Crippen molar-refractivity contribution in [3.05, 3.63) is 25.3 Å². The summed E-state index contributed by atoms with van der Waals surface area (Å²) < 4.78 is 12.2. The average molecular weight is 654 g/mol. The van der Waals surface area contributed by atoms with Crippen LogP contribution in [0.2, 0.25) is 0 Å². The van der Waals surface area contributed by atoms with E-state index in [0.29, 0.717) is 52.4 Å². The van der Waals surface area contributed by atoms with Gasteiger partial charge >= 0.3 is 0 Å². The second-order valence-electron chi connectivity index (χ2n) is 12.1. The number of ether oxygens (including phenoxy) is 2. The molecule has 0 aromatic rings. The Hall–Kier alpha value is -1.79. The predicted octanol–water partition coefficient (Wildman–Crippen LogP) is 1.91. The van der Waals surface area contributed by atoms with Gasteiger partial charge in [-0.05, 0) is 18.8 Å². The van der Waals surface area contributed by atoms with Crippen LogP contribution < -0.4 is 0 Å². The zero-order valence-electron chi connectivity index (χ0n) is 25.5. The number of alkyl halides is 1. The van der Waals surface area contributed by atoms with E-state index in [-0.39, 0.29) is 35.1 Å². The van der Waals surface area contributed by atoms with E-state index in [2.05, 4.69) is 34.0 Å². The van der Waals surface area contributed by atoms with Gasteiger partial charge in [0.15, 0.2) is 0 Å². The zero-order valence-corrected chi connectivity index (χ0v) is 27.0. The van der Waals surface area contributed by atoms with Crippen molar-refractivity contribution in [2.75, 3.05) is 65.6 Å². The highest BCUT2D eigenvalue weighted by molar-refractivity contribution is 9.09.